The molecule has 3 aromatic rings. The van der Waals surface area contributed by atoms with E-state index in [-0.39, 0.29) is 24.4 Å². The maximum atomic E-state index is 12.4. The van der Waals surface area contributed by atoms with Crippen molar-refractivity contribution < 1.29 is 28.6 Å². The standard InChI is InChI=1S/C24H23NO6/c1-29-18-10-11-22(30-2)20(13-18)21(26)15-31-24(28)14-25-23(27)12-17-8-5-7-16-6-3-4-9-19(16)17/h3-11,13H,12,14-15H2,1-2H3,(H,25,27). The van der Waals surface area contributed by atoms with Gasteiger partial charge in [0.05, 0.1) is 26.2 Å². The van der Waals surface area contributed by atoms with Crippen LogP contribution in [0.4, 0.5) is 0 Å². The van der Waals surface area contributed by atoms with Crippen molar-refractivity contribution in [2.45, 2.75) is 6.42 Å². The van der Waals surface area contributed by atoms with Crippen LogP contribution in [0.5, 0.6) is 11.5 Å². The Bertz CT molecular complexity index is 1100. The molecular weight excluding hydrogens is 398 g/mol. The second kappa shape index (κ2) is 10.2. The van der Waals surface area contributed by atoms with Crippen LogP contribution in [-0.2, 0) is 20.7 Å². The average Bonchev–Trinajstić information content (AvgIpc) is 2.81. The number of hydrogen-bond donors (Lipinski definition) is 1. The van der Waals surface area contributed by atoms with E-state index in [1.807, 2.05) is 42.5 Å². The summed E-state index contributed by atoms with van der Waals surface area (Å²) in [6, 6.07) is 18.3. The maximum absolute atomic E-state index is 12.4. The molecule has 0 bridgehead atoms. The van der Waals surface area contributed by atoms with Gasteiger partial charge < -0.3 is 19.5 Å². The van der Waals surface area contributed by atoms with Crippen molar-refractivity contribution in [3.8, 4) is 11.5 Å². The number of fused-ring (bicyclic) bond motifs is 1. The van der Waals surface area contributed by atoms with E-state index in [1.54, 1.807) is 12.1 Å². The summed E-state index contributed by atoms with van der Waals surface area (Å²) in [5.41, 5.74) is 1.11. The molecule has 0 saturated carbocycles. The lowest BCUT2D eigenvalue weighted by molar-refractivity contribution is -0.142. The zero-order valence-electron chi connectivity index (χ0n) is 17.3. The summed E-state index contributed by atoms with van der Waals surface area (Å²) in [7, 11) is 2.92. The number of benzene rings is 3. The van der Waals surface area contributed by atoms with Gasteiger partial charge in [-0.25, -0.2) is 0 Å². The van der Waals surface area contributed by atoms with Crippen molar-refractivity contribution in [3.63, 3.8) is 0 Å². The first kappa shape index (κ1) is 21.8. The second-order valence-electron chi connectivity index (χ2n) is 6.74. The van der Waals surface area contributed by atoms with Gasteiger partial charge in [0, 0.05) is 0 Å². The summed E-state index contributed by atoms with van der Waals surface area (Å²) in [4.78, 5) is 36.6. The molecular formula is C24H23NO6. The second-order valence-corrected chi connectivity index (χ2v) is 6.74. The quantitative estimate of drug-likeness (QED) is 0.422. The maximum Gasteiger partial charge on any atom is 0.325 e. The zero-order valence-corrected chi connectivity index (χ0v) is 17.3. The van der Waals surface area contributed by atoms with Gasteiger partial charge in [-0.1, -0.05) is 42.5 Å². The smallest absolute Gasteiger partial charge is 0.325 e. The molecule has 31 heavy (non-hydrogen) atoms. The molecule has 0 aromatic heterocycles. The lowest BCUT2D eigenvalue weighted by Gasteiger charge is -2.10. The summed E-state index contributed by atoms with van der Waals surface area (Å²) >= 11 is 0. The van der Waals surface area contributed by atoms with Crippen molar-refractivity contribution in [2.24, 2.45) is 0 Å². The van der Waals surface area contributed by atoms with Gasteiger partial charge in [-0.05, 0) is 34.5 Å². The molecule has 3 aromatic carbocycles. The van der Waals surface area contributed by atoms with Crippen molar-refractivity contribution in [1.29, 1.82) is 0 Å². The molecule has 160 valence electrons. The number of rotatable bonds is 9. The lowest BCUT2D eigenvalue weighted by atomic mass is 10.0. The predicted octanol–water partition coefficient (Wildman–Crippen LogP) is 2.94. The molecule has 1 amide bonds. The normalized spacial score (nSPS) is 10.4. The molecule has 0 saturated heterocycles. The van der Waals surface area contributed by atoms with E-state index in [9.17, 15) is 14.4 Å². The fourth-order valence-corrected chi connectivity index (χ4v) is 3.16. The lowest BCUT2D eigenvalue weighted by Crippen LogP contribution is -2.32. The molecule has 7 heteroatoms. The van der Waals surface area contributed by atoms with Gasteiger partial charge >= 0.3 is 5.97 Å². The molecule has 0 unspecified atom stereocenters. The Morgan fingerprint density at radius 3 is 2.45 bits per heavy atom. The van der Waals surface area contributed by atoms with Crippen molar-refractivity contribution in [2.75, 3.05) is 27.4 Å². The summed E-state index contributed by atoms with van der Waals surface area (Å²) in [5, 5.41) is 4.56. The van der Waals surface area contributed by atoms with E-state index in [2.05, 4.69) is 5.32 Å². The van der Waals surface area contributed by atoms with Crippen molar-refractivity contribution >= 4 is 28.4 Å². The van der Waals surface area contributed by atoms with Gasteiger partial charge in [-0.3, -0.25) is 14.4 Å². The Hall–Kier alpha value is -3.87. The van der Waals surface area contributed by atoms with Crippen LogP contribution in [0.25, 0.3) is 10.8 Å². The summed E-state index contributed by atoms with van der Waals surface area (Å²) in [6.45, 7) is -0.798. The van der Waals surface area contributed by atoms with Gasteiger partial charge in [-0.15, -0.1) is 0 Å². The summed E-state index contributed by atoms with van der Waals surface area (Å²) < 4.78 is 15.3. The molecule has 0 fully saturated rings. The van der Waals surface area contributed by atoms with Crippen LogP contribution in [0.2, 0.25) is 0 Å². The highest BCUT2D eigenvalue weighted by Gasteiger charge is 2.16. The zero-order chi connectivity index (χ0) is 22.2. The molecule has 0 radical (unpaired) electrons. The van der Waals surface area contributed by atoms with Gasteiger partial charge in [-0.2, -0.15) is 0 Å². The number of ether oxygens (including phenoxy) is 3. The third kappa shape index (κ3) is 5.60. The fraction of sp³-hybridized carbons (Fsp3) is 0.208. The number of Topliss-reactive ketones (excluding diaryl/α,β-unsaturated/α-hetero) is 1. The Labute approximate surface area is 179 Å². The van der Waals surface area contributed by atoms with Crippen LogP contribution in [0.15, 0.2) is 60.7 Å². The first-order valence-electron chi connectivity index (χ1n) is 9.66. The van der Waals surface area contributed by atoms with E-state index in [0.717, 1.165) is 16.3 Å². The Morgan fingerprint density at radius 2 is 1.68 bits per heavy atom. The van der Waals surface area contributed by atoms with E-state index in [1.165, 1.54) is 20.3 Å². The number of amides is 1. The minimum absolute atomic E-state index is 0.134. The molecule has 0 atom stereocenters. The minimum atomic E-state index is -0.707. The third-order valence-electron chi connectivity index (χ3n) is 4.73. The molecule has 0 aliphatic rings. The van der Waals surface area contributed by atoms with Gasteiger partial charge in [0.15, 0.2) is 6.61 Å². The largest absolute Gasteiger partial charge is 0.497 e. The van der Waals surface area contributed by atoms with Gasteiger partial charge in [0.1, 0.15) is 18.0 Å². The molecule has 1 N–H and O–H groups in total. The number of carbonyl (C=O) groups is 3. The SMILES string of the molecule is COc1ccc(OC)c(C(=O)COC(=O)CNC(=O)Cc2cccc3ccccc23)c1. The van der Waals surface area contributed by atoms with E-state index in [4.69, 9.17) is 14.2 Å². The molecule has 7 nitrogen and oxygen atoms in total. The van der Waals surface area contributed by atoms with Crippen molar-refractivity contribution in [1.82, 2.24) is 5.32 Å². The topological polar surface area (TPSA) is 90.9 Å². The van der Waals surface area contributed by atoms with Crippen LogP contribution < -0.4 is 14.8 Å². The number of ketones is 1. The third-order valence-corrected chi connectivity index (χ3v) is 4.73. The van der Waals surface area contributed by atoms with Crippen molar-refractivity contribution in [3.05, 3.63) is 71.8 Å². The van der Waals surface area contributed by atoms with Crippen LogP contribution in [-0.4, -0.2) is 45.0 Å². The molecule has 0 aliphatic heterocycles. The first-order valence-corrected chi connectivity index (χ1v) is 9.66. The number of nitrogens with one attached hydrogen (secondary N) is 1. The highest BCUT2D eigenvalue weighted by Crippen LogP contribution is 2.24. The van der Waals surface area contributed by atoms with Crippen LogP contribution >= 0.6 is 0 Å². The number of methoxy groups -OCH3 is 2. The number of carbonyl (C=O) groups excluding carboxylic acids is 3. The summed E-state index contributed by atoms with van der Waals surface area (Å²) in [5.74, 6) is -0.622. The minimum Gasteiger partial charge on any atom is -0.497 e. The van der Waals surface area contributed by atoms with Crippen LogP contribution in [0, 0.1) is 0 Å². The van der Waals surface area contributed by atoms with Gasteiger partial charge in [0.25, 0.3) is 0 Å². The fourth-order valence-electron chi connectivity index (χ4n) is 3.16. The Balaban J connectivity index is 1.51. The molecule has 3 rings (SSSR count). The highest BCUT2D eigenvalue weighted by molar-refractivity contribution is 6.01. The monoisotopic (exact) mass is 421 g/mol. The average molecular weight is 421 g/mol. The van der Waals surface area contributed by atoms with Gasteiger partial charge in [0.2, 0.25) is 11.7 Å². The number of hydrogen-bond acceptors (Lipinski definition) is 6. The number of esters is 1. The van der Waals surface area contributed by atoms with E-state index in [0.29, 0.717) is 11.5 Å². The Kier molecular flexibility index (Phi) is 7.22. The molecule has 0 heterocycles. The first-order chi connectivity index (χ1) is 15.0. The van der Waals surface area contributed by atoms with Crippen LogP contribution in [0.1, 0.15) is 15.9 Å². The predicted molar refractivity (Wildman–Crippen MR) is 115 cm³/mol. The molecule has 0 spiro atoms. The summed E-state index contributed by atoms with van der Waals surface area (Å²) in [6.07, 6.45) is 0.134. The van der Waals surface area contributed by atoms with Crippen LogP contribution in [0.3, 0.4) is 0 Å². The highest BCUT2D eigenvalue weighted by atomic mass is 16.5. The Morgan fingerprint density at radius 1 is 0.903 bits per heavy atom. The molecule has 0 aliphatic carbocycles. The van der Waals surface area contributed by atoms with E-state index < -0.39 is 18.4 Å². The van der Waals surface area contributed by atoms with E-state index >= 15 is 0 Å².